The van der Waals surface area contributed by atoms with Crippen molar-refractivity contribution < 1.29 is 9.47 Å². The molecule has 0 bridgehead atoms. The van der Waals surface area contributed by atoms with Gasteiger partial charge in [-0.2, -0.15) is 4.98 Å². The molecule has 5 nitrogen and oxygen atoms in total. The molecule has 1 saturated carbocycles. The number of benzene rings is 1. The number of aromatic nitrogens is 2. The van der Waals surface area contributed by atoms with E-state index in [0.29, 0.717) is 12.5 Å². The summed E-state index contributed by atoms with van der Waals surface area (Å²) < 4.78 is 11.3. The summed E-state index contributed by atoms with van der Waals surface area (Å²) in [5.41, 5.74) is 3.62. The van der Waals surface area contributed by atoms with Crippen LogP contribution in [0.2, 0.25) is 0 Å². The number of nitrogens with zero attached hydrogens (tertiary/aromatic N) is 2. The average Bonchev–Trinajstić information content (AvgIpc) is 3.49. The topological polar surface area (TPSA) is 56.3 Å². The van der Waals surface area contributed by atoms with Crippen LogP contribution in [0.25, 0.3) is 0 Å². The van der Waals surface area contributed by atoms with Crippen molar-refractivity contribution in [2.45, 2.75) is 38.0 Å². The summed E-state index contributed by atoms with van der Waals surface area (Å²) in [4.78, 5) is 9.60. The van der Waals surface area contributed by atoms with E-state index in [0.717, 1.165) is 49.8 Å². The molecular formula is C20H25N3O2. The van der Waals surface area contributed by atoms with Gasteiger partial charge < -0.3 is 14.8 Å². The molecule has 0 amide bonds. The third-order valence-electron chi connectivity index (χ3n) is 4.89. The molecule has 1 fully saturated rings. The standard InChI is InChI=1S/C20H25N3O2/c1-24-16-6-2-14(3-7-16)10-13-25-20-17-8-11-21-12-9-18(17)22-19(23-20)15-4-5-15/h2-3,6-7,15,21H,4-5,8-13H2,1H3. The van der Waals surface area contributed by atoms with Gasteiger partial charge in [-0.25, -0.2) is 4.98 Å². The number of nitrogens with one attached hydrogen (secondary N) is 1. The van der Waals surface area contributed by atoms with E-state index in [4.69, 9.17) is 19.4 Å². The molecule has 1 aromatic heterocycles. The van der Waals surface area contributed by atoms with Crippen LogP contribution in [0.15, 0.2) is 24.3 Å². The smallest absolute Gasteiger partial charge is 0.220 e. The van der Waals surface area contributed by atoms with Crippen LogP contribution in [0.3, 0.4) is 0 Å². The molecule has 4 rings (SSSR count). The SMILES string of the molecule is COc1ccc(CCOc2nc(C3CC3)nc3c2CCNCC3)cc1. The third-order valence-corrected chi connectivity index (χ3v) is 4.89. The predicted octanol–water partition coefficient (Wildman–Crippen LogP) is 2.67. The van der Waals surface area contributed by atoms with Crippen molar-refractivity contribution in [2.24, 2.45) is 0 Å². The molecular weight excluding hydrogens is 314 g/mol. The van der Waals surface area contributed by atoms with Crippen LogP contribution in [-0.4, -0.2) is 36.8 Å². The lowest BCUT2D eigenvalue weighted by Crippen LogP contribution is -2.16. The molecule has 5 heteroatoms. The van der Waals surface area contributed by atoms with E-state index in [2.05, 4.69) is 17.4 Å². The highest BCUT2D eigenvalue weighted by atomic mass is 16.5. The molecule has 0 unspecified atom stereocenters. The molecule has 2 aliphatic rings. The average molecular weight is 339 g/mol. The highest BCUT2D eigenvalue weighted by molar-refractivity contribution is 5.34. The largest absolute Gasteiger partial charge is 0.497 e. The van der Waals surface area contributed by atoms with E-state index in [1.165, 1.54) is 29.7 Å². The van der Waals surface area contributed by atoms with Gasteiger partial charge in [0.15, 0.2) is 0 Å². The van der Waals surface area contributed by atoms with Gasteiger partial charge in [0.2, 0.25) is 5.88 Å². The molecule has 1 aromatic carbocycles. The summed E-state index contributed by atoms with van der Waals surface area (Å²) in [5.74, 6) is 3.22. The van der Waals surface area contributed by atoms with E-state index in [1.54, 1.807) is 7.11 Å². The van der Waals surface area contributed by atoms with Gasteiger partial charge in [0, 0.05) is 30.9 Å². The van der Waals surface area contributed by atoms with Crippen LogP contribution in [-0.2, 0) is 19.3 Å². The fourth-order valence-electron chi connectivity index (χ4n) is 3.23. The Labute approximate surface area is 148 Å². The second kappa shape index (κ2) is 7.40. The number of methoxy groups -OCH3 is 1. The zero-order valence-electron chi connectivity index (χ0n) is 14.8. The molecule has 1 N–H and O–H groups in total. The maximum atomic E-state index is 6.13. The molecule has 132 valence electrons. The Hall–Kier alpha value is -2.14. The zero-order valence-corrected chi connectivity index (χ0v) is 14.8. The van der Waals surface area contributed by atoms with Crippen molar-refractivity contribution in [1.82, 2.24) is 15.3 Å². The molecule has 0 spiro atoms. The molecule has 1 aliphatic heterocycles. The van der Waals surface area contributed by atoms with E-state index < -0.39 is 0 Å². The third kappa shape index (κ3) is 3.93. The van der Waals surface area contributed by atoms with Crippen LogP contribution in [0, 0.1) is 0 Å². The quantitative estimate of drug-likeness (QED) is 0.877. The first-order chi connectivity index (χ1) is 12.3. The van der Waals surface area contributed by atoms with Gasteiger partial charge in [0.1, 0.15) is 11.6 Å². The van der Waals surface area contributed by atoms with Gasteiger partial charge in [-0.3, -0.25) is 0 Å². The summed E-state index contributed by atoms with van der Waals surface area (Å²) in [6.07, 6.45) is 5.19. The summed E-state index contributed by atoms with van der Waals surface area (Å²) in [6, 6.07) is 8.15. The molecule has 0 saturated heterocycles. The van der Waals surface area contributed by atoms with Gasteiger partial charge in [-0.1, -0.05) is 12.1 Å². The maximum Gasteiger partial charge on any atom is 0.220 e. The Balaban J connectivity index is 1.47. The minimum Gasteiger partial charge on any atom is -0.497 e. The maximum absolute atomic E-state index is 6.13. The van der Waals surface area contributed by atoms with Crippen molar-refractivity contribution in [3.8, 4) is 11.6 Å². The van der Waals surface area contributed by atoms with Crippen LogP contribution >= 0.6 is 0 Å². The molecule has 2 aromatic rings. The lowest BCUT2D eigenvalue weighted by atomic mass is 10.1. The monoisotopic (exact) mass is 339 g/mol. The van der Waals surface area contributed by atoms with Crippen molar-refractivity contribution in [3.63, 3.8) is 0 Å². The minimum absolute atomic E-state index is 0.547. The normalized spacial score (nSPS) is 16.8. The van der Waals surface area contributed by atoms with Crippen LogP contribution < -0.4 is 14.8 Å². The minimum atomic E-state index is 0.547. The number of ether oxygens (including phenoxy) is 2. The Morgan fingerprint density at radius 2 is 1.88 bits per heavy atom. The first-order valence-corrected chi connectivity index (χ1v) is 9.19. The van der Waals surface area contributed by atoms with Crippen LogP contribution in [0.1, 0.15) is 41.4 Å². The van der Waals surface area contributed by atoms with Gasteiger partial charge in [-0.15, -0.1) is 0 Å². The lowest BCUT2D eigenvalue weighted by molar-refractivity contribution is 0.303. The number of hydrogen-bond acceptors (Lipinski definition) is 5. The Bertz CT molecular complexity index is 726. The molecule has 25 heavy (non-hydrogen) atoms. The summed E-state index contributed by atoms with van der Waals surface area (Å²) in [5, 5.41) is 3.44. The number of fused-ring (bicyclic) bond motifs is 1. The van der Waals surface area contributed by atoms with Crippen LogP contribution in [0.4, 0.5) is 0 Å². The van der Waals surface area contributed by atoms with Gasteiger partial charge in [0.25, 0.3) is 0 Å². The summed E-state index contributed by atoms with van der Waals surface area (Å²) in [6.45, 7) is 2.58. The molecule has 0 atom stereocenters. The zero-order chi connectivity index (χ0) is 17.1. The Morgan fingerprint density at radius 3 is 2.64 bits per heavy atom. The molecule has 2 heterocycles. The van der Waals surface area contributed by atoms with Crippen LogP contribution in [0.5, 0.6) is 11.6 Å². The Kier molecular flexibility index (Phi) is 4.83. The Morgan fingerprint density at radius 1 is 1.08 bits per heavy atom. The van der Waals surface area contributed by atoms with E-state index >= 15 is 0 Å². The van der Waals surface area contributed by atoms with Crippen molar-refractivity contribution >= 4 is 0 Å². The first kappa shape index (κ1) is 16.3. The lowest BCUT2D eigenvalue weighted by Gasteiger charge is -2.14. The second-order valence-electron chi connectivity index (χ2n) is 6.78. The molecule has 1 aliphatic carbocycles. The number of rotatable bonds is 6. The summed E-state index contributed by atoms with van der Waals surface area (Å²) >= 11 is 0. The predicted molar refractivity (Wildman–Crippen MR) is 96.5 cm³/mol. The van der Waals surface area contributed by atoms with Crippen molar-refractivity contribution in [2.75, 3.05) is 26.8 Å². The fourth-order valence-corrected chi connectivity index (χ4v) is 3.23. The fraction of sp³-hybridized carbons (Fsp3) is 0.500. The van der Waals surface area contributed by atoms with Crippen molar-refractivity contribution in [1.29, 1.82) is 0 Å². The highest BCUT2D eigenvalue weighted by Crippen LogP contribution is 2.39. The van der Waals surface area contributed by atoms with Gasteiger partial charge in [0.05, 0.1) is 19.4 Å². The van der Waals surface area contributed by atoms with E-state index in [1.807, 2.05) is 12.1 Å². The first-order valence-electron chi connectivity index (χ1n) is 9.19. The van der Waals surface area contributed by atoms with Gasteiger partial charge in [-0.05, 0) is 43.5 Å². The van der Waals surface area contributed by atoms with Gasteiger partial charge >= 0.3 is 0 Å². The summed E-state index contributed by atoms with van der Waals surface area (Å²) in [7, 11) is 1.69. The van der Waals surface area contributed by atoms with E-state index in [-0.39, 0.29) is 0 Å². The molecule has 0 radical (unpaired) electrons. The highest BCUT2D eigenvalue weighted by Gasteiger charge is 2.29. The second-order valence-corrected chi connectivity index (χ2v) is 6.78. The van der Waals surface area contributed by atoms with E-state index in [9.17, 15) is 0 Å². The number of hydrogen-bond donors (Lipinski definition) is 1. The van der Waals surface area contributed by atoms with Crippen molar-refractivity contribution in [3.05, 3.63) is 46.9 Å².